The maximum absolute atomic E-state index is 10.9. The van der Waals surface area contributed by atoms with Crippen LogP contribution in [0.4, 0.5) is 4.79 Å². The van der Waals surface area contributed by atoms with Gasteiger partial charge in [-0.25, -0.2) is 4.99 Å². The number of hydrogen-bond donors (Lipinski definition) is 0. The van der Waals surface area contributed by atoms with Crippen LogP contribution in [0.3, 0.4) is 0 Å². The van der Waals surface area contributed by atoms with Crippen molar-refractivity contribution in [3.8, 4) is 0 Å². The number of thioether (sulfide) groups is 1. The molecule has 1 heterocycles. The molecule has 0 bridgehead atoms. The monoisotopic (exact) mass is 255 g/mol. The Kier molecular flexibility index (Phi) is 2.51. The minimum absolute atomic E-state index is 0.0919. The van der Waals surface area contributed by atoms with Crippen molar-refractivity contribution in [1.82, 2.24) is 0 Å². The van der Waals surface area contributed by atoms with Crippen molar-refractivity contribution in [2.75, 3.05) is 5.75 Å². The first-order valence-electron chi connectivity index (χ1n) is 3.76. The third-order valence-corrected chi connectivity index (χ3v) is 3.19. The molecule has 1 aromatic carbocycles. The van der Waals surface area contributed by atoms with E-state index >= 15 is 0 Å². The Labute approximate surface area is 88.6 Å². The second-order valence-corrected chi connectivity index (χ2v) is 4.37. The summed E-state index contributed by atoms with van der Waals surface area (Å²) in [5.41, 5.74) is 1.88. The molecule has 0 saturated heterocycles. The van der Waals surface area contributed by atoms with Gasteiger partial charge in [0.2, 0.25) is 0 Å². The first-order chi connectivity index (χ1) is 6.27. The van der Waals surface area contributed by atoms with E-state index < -0.39 is 0 Å². The first kappa shape index (κ1) is 8.97. The van der Waals surface area contributed by atoms with Gasteiger partial charge in [0.25, 0.3) is 0 Å². The molecule has 13 heavy (non-hydrogen) atoms. The van der Waals surface area contributed by atoms with Gasteiger partial charge in [0.15, 0.2) is 0 Å². The highest BCUT2D eigenvalue weighted by atomic mass is 79.9. The van der Waals surface area contributed by atoms with E-state index in [9.17, 15) is 4.79 Å². The van der Waals surface area contributed by atoms with E-state index in [1.54, 1.807) is 0 Å². The second kappa shape index (κ2) is 3.64. The fraction of sp³-hybridized carbons (Fsp3) is 0.111. The normalized spacial score (nSPS) is 16.1. The molecule has 0 spiro atoms. The van der Waals surface area contributed by atoms with Crippen molar-refractivity contribution in [2.24, 2.45) is 4.99 Å². The molecule has 2 rings (SSSR count). The Morgan fingerprint density at radius 2 is 2.15 bits per heavy atom. The predicted octanol–water partition coefficient (Wildman–Crippen LogP) is 3.11. The molecule has 0 fully saturated rings. The van der Waals surface area contributed by atoms with Crippen molar-refractivity contribution in [1.29, 1.82) is 0 Å². The van der Waals surface area contributed by atoms with Gasteiger partial charge in [-0.15, -0.1) is 0 Å². The summed E-state index contributed by atoms with van der Waals surface area (Å²) < 4.78 is 0.990. The van der Waals surface area contributed by atoms with Crippen LogP contribution in [-0.4, -0.2) is 16.7 Å². The summed E-state index contributed by atoms with van der Waals surface area (Å²) in [7, 11) is 0. The van der Waals surface area contributed by atoms with Gasteiger partial charge in [0.1, 0.15) is 0 Å². The zero-order valence-corrected chi connectivity index (χ0v) is 9.06. The smallest absolute Gasteiger partial charge is 0.259 e. The molecule has 0 radical (unpaired) electrons. The Balaban J connectivity index is 2.41. The first-order valence-corrected chi connectivity index (χ1v) is 5.54. The summed E-state index contributed by atoms with van der Waals surface area (Å²) in [5.74, 6) is 0.682. The van der Waals surface area contributed by atoms with E-state index in [0.717, 1.165) is 15.7 Å². The zero-order valence-electron chi connectivity index (χ0n) is 6.66. The van der Waals surface area contributed by atoms with Crippen LogP contribution in [0.2, 0.25) is 0 Å². The van der Waals surface area contributed by atoms with Gasteiger partial charge in [0.05, 0.1) is 5.71 Å². The highest BCUT2D eigenvalue weighted by Gasteiger charge is 2.17. The third-order valence-electron chi connectivity index (χ3n) is 1.74. The van der Waals surface area contributed by atoms with Gasteiger partial charge in [-0.05, 0) is 6.07 Å². The van der Waals surface area contributed by atoms with E-state index in [2.05, 4.69) is 20.9 Å². The van der Waals surface area contributed by atoms with E-state index in [4.69, 9.17) is 0 Å². The summed E-state index contributed by atoms with van der Waals surface area (Å²) >= 11 is 4.67. The molecule has 0 aliphatic carbocycles. The summed E-state index contributed by atoms with van der Waals surface area (Å²) in [5, 5.41) is -0.0919. The summed E-state index contributed by atoms with van der Waals surface area (Å²) in [6.07, 6.45) is 0. The van der Waals surface area contributed by atoms with Gasteiger partial charge in [-0.1, -0.05) is 45.9 Å². The quantitative estimate of drug-likeness (QED) is 0.772. The molecular weight excluding hydrogens is 250 g/mol. The van der Waals surface area contributed by atoms with Gasteiger partial charge in [-0.3, -0.25) is 4.79 Å². The number of rotatable bonds is 1. The van der Waals surface area contributed by atoms with Crippen LogP contribution in [0.1, 0.15) is 5.56 Å². The highest BCUT2D eigenvalue weighted by Crippen LogP contribution is 2.23. The molecule has 0 aromatic heterocycles. The predicted molar refractivity (Wildman–Crippen MR) is 58.5 cm³/mol. The molecule has 0 saturated carbocycles. The lowest BCUT2D eigenvalue weighted by Gasteiger charge is -2.00. The Bertz CT molecular complexity index is 389. The van der Waals surface area contributed by atoms with Crippen LogP contribution in [0.15, 0.2) is 33.7 Å². The number of benzene rings is 1. The maximum Gasteiger partial charge on any atom is 0.305 e. The topological polar surface area (TPSA) is 29.4 Å². The van der Waals surface area contributed by atoms with E-state index in [1.165, 1.54) is 11.8 Å². The standard InChI is InChI=1S/C9H6BrNOS/c10-7-4-2-1-3-6(7)8-5-13-9(12)11-8/h1-4H,5H2. The van der Waals surface area contributed by atoms with Gasteiger partial charge in [-0.2, -0.15) is 0 Å². The average molecular weight is 256 g/mol. The summed E-state index contributed by atoms with van der Waals surface area (Å²) in [6.45, 7) is 0. The lowest BCUT2D eigenvalue weighted by Crippen LogP contribution is -2.00. The Morgan fingerprint density at radius 3 is 2.77 bits per heavy atom. The molecule has 1 aliphatic heterocycles. The minimum Gasteiger partial charge on any atom is -0.259 e. The Hall–Kier alpha value is -0.610. The average Bonchev–Trinajstić information content (AvgIpc) is 2.53. The Morgan fingerprint density at radius 1 is 1.38 bits per heavy atom. The fourth-order valence-corrected chi connectivity index (χ4v) is 2.31. The number of amides is 1. The van der Waals surface area contributed by atoms with Crippen molar-refractivity contribution in [3.05, 3.63) is 34.3 Å². The molecule has 1 aliphatic rings. The molecular formula is C9H6BrNOS. The van der Waals surface area contributed by atoms with Crippen LogP contribution in [0.5, 0.6) is 0 Å². The van der Waals surface area contributed by atoms with Crippen molar-refractivity contribution in [3.63, 3.8) is 0 Å². The molecule has 1 amide bonds. The zero-order chi connectivity index (χ0) is 9.26. The number of carbonyl (C=O) groups excluding carboxylic acids is 1. The summed E-state index contributed by atoms with van der Waals surface area (Å²) in [4.78, 5) is 14.8. The van der Waals surface area contributed by atoms with Crippen molar-refractivity contribution in [2.45, 2.75) is 0 Å². The summed E-state index contributed by atoms with van der Waals surface area (Å²) in [6, 6.07) is 7.79. The van der Waals surface area contributed by atoms with Crippen LogP contribution in [-0.2, 0) is 0 Å². The third kappa shape index (κ3) is 1.84. The van der Waals surface area contributed by atoms with Crippen LogP contribution >= 0.6 is 27.7 Å². The SMILES string of the molecule is O=C1N=C(c2ccccc2Br)CS1. The van der Waals surface area contributed by atoms with Crippen LogP contribution in [0, 0.1) is 0 Å². The minimum atomic E-state index is -0.0919. The molecule has 66 valence electrons. The van der Waals surface area contributed by atoms with E-state index in [1.807, 2.05) is 24.3 Å². The molecule has 0 unspecified atom stereocenters. The molecule has 2 nitrogen and oxygen atoms in total. The lowest BCUT2D eigenvalue weighted by molar-refractivity contribution is 0.268. The fourth-order valence-electron chi connectivity index (χ4n) is 1.14. The highest BCUT2D eigenvalue weighted by molar-refractivity contribution is 9.10. The second-order valence-electron chi connectivity index (χ2n) is 2.59. The van der Waals surface area contributed by atoms with Crippen molar-refractivity contribution < 1.29 is 4.79 Å². The number of halogens is 1. The maximum atomic E-state index is 10.9. The number of nitrogens with zero attached hydrogens (tertiary/aromatic N) is 1. The lowest BCUT2D eigenvalue weighted by atomic mass is 10.1. The van der Waals surface area contributed by atoms with Crippen LogP contribution < -0.4 is 0 Å². The largest absolute Gasteiger partial charge is 0.305 e. The molecule has 0 atom stereocenters. The van der Waals surface area contributed by atoms with Gasteiger partial charge in [0, 0.05) is 15.8 Å². The number of hydrogen-bond acceptors (Lipinski definition) is 2. The van der Waals surface area contributed by atoms with E-state index in [0.29, 0.717) is 5.75 Å². The van der Waals surface area contributed by atoms with Crippen LogP contribution in [0.25, 0.3) is 0 Å². The molecule has 0 N–H and O–H groups in total. The number of carbonyl (C=O) groups is 1. The number of aliphatic imine (C=N–C) groups is 1. The molecule has 4 heteroatoms. The van der Waals surface area contributed by atoms with Gasteiger partial charge >= 0.3 is 5.24 Å². The van der Waals surface area contributed by atoms with E-state index in [-0.39, 0.29) is 5.24 Å². The van der Waals surface area contributed by atoms with Gasteiger partial charge < -0.3 is 0 Å². The van der Waals surface area contributed by atoms with Crippen molar-refractivity contribution >= 4 is 38.6 Å². The molecule has 1 aromatic rings.